The second-order valence-corrected chi connectivity index (χ2v) is 17.2. The maximum atomic E-state index is 13.5. The molecule has 7 aliphatic rings. The zero-order valence-electron chi connectivity index (χ0n) is 32.3. The van der Waals surface area contributed by atoms with E-state index in [4.69, 9.17) is 28.4 Å². The van der Waals surface area contributed by atoms with E-state index in [2.05, 4.69) is 33.8 Å². The number of ether oxygens (including phenoxy) is 6. The van der Waals surface area contributed by atoms with Gasteiger partial charge in [0, 0.05) is 48.8 Å². The third-order valence-corrected chi connectivity index (χ3v) is 14.2. The highest BCUT2D eigenvalue weighted by atomic mass is 16.6. The summed E-state index contributed by atoms with van der Waals surface area (Å²) >= 11 is 0. The summed E-state index contributed by atoms with van der Waals surface area (Å²) in [6.45, 7) is 10.8. The molecule has 9 heteroatoms. The molecule has 0 aromatic heterocycles. The predicted molar refractivity (Wildman–Crippen MR) is 198 cm³/mol. The Kier molecular flexibility index (Phi) is 9.09. The van der Waals surface area contributed by atoms with Gasteiger partial charge in [-0.25, -0.2) is 0 Å². The molecule has 3 heterocycles. The van der Waals surface area contributed by atoms with E-state index in [0.717, 1.165) is 68.2 Å². The van der Waals surface area contributed by atoms with E-state index in [9.17, 15) is 14.4 Å². The lowest BCUT2D eigenvalue weighted by molar-refractivity contribution is -0.148. The highest BCUT2D eigenvalue weighted by Gasteiger charge is 2.58. The largest absolute Gasteiger partial charge is 0.493 e. The van der Waals surface area contributed by atoms with Gasteiger partial charge in [0.15, 0.2) is 17.3 Å². The molecule has 9 atom stereocenters. The first-order chi connectivity index (χ1) is 25.4. The van der Waals surface area contributed by atoms with Gasteiger partial charge in [0.1, 0.15) is 48.0 Å². The Bertz CT molecular complexity index is 1860. The molecule has 0 spiro atoms. The van der Waals surface area contributed by atoms with Crippen LogP contribution in [0.1, 0.15) is 113 Å². The first-order valence-corrected chi connectivity index (χ1v) is 19.7. The van der Waals surface area contributed by atoms with Crippen LogP contribution in [0.15, 0.2) is 35.9 Å². The minimum absolute atomic E-state index is 0.0438. The number of esters is 1. The summed E-state index contributed by atoms with van der Waals surface area (Å²) in [6, 6.07) is 7.32. The minimum atomic E-state index is -0.438. The van der Waals surface area contributed by atoms with Gasteiger partial charge in [-0.3, -0.25) is 14.4 Å². The van der Waals surface area contributed by atoms with Crippen LogP contribution in [0, 0.1) is 34.5 Å². The number of allylic oxidation sites excluding steroid dienone is 1. The average Bonchev–Trinajstić information content (AvgIpc) is 3.72. The molecule has 0 bridgehead atoms. The smallest absolute Gasteiger partial charge is 0.302 e. The zero-order chi connectivity index (χ0) is 37.4. The molecular weight excluding hydrogens is 672 g/mol. The molecule has 9 rings (SSSR count). The molecule has 9 unspecified atom stereocenters. The molecule has 0 amide bonds. The second kappa shape index (κ2) is 13.4. The Labute approximate surface area is 313 Å². The van der Waals surface area contributed by atoms with Crippen LogP contribution in [-0.4, -0.2) is 56.7 Å². The molecule has 2 aromatic carbocycles. The van der Waals surface area contributed by atoms with Crippen LogP contribution in [0.5, 0.6) is 28.7 Å². The lowest BCUT2D eigenvalue weighted by atomic mass is 9.48. The molecule has 3 aliphatic heterocycles. The molecule has 2 aromatic rings. The third-order valence-electron chi connectivity index (χ3n) is 14.2. The lowest BCUT2D eigenvalue weighted by Gasteiger charge is -2.56. The van der Waals surface area contributed by atoms with Crippen LogP contribution < -0.4 is 23.7 Å². The SMILES string of the molecule is CC(=O)OC1CCC2(C)C(=CCC3C4CCC(=O)C4(C)CCC32)C1.COc1cc2c(cc1OC)C1C(=O)c3ccc4c(c3OC1CO2)CC(C(C)C)O4. The number of Topliss-reactive ketones (excluding diaryl/α,β-unsaturated/α-hetero) is 2. The van der Waals surface area contributed by atoms with Crippen LogP contribution in [0.4, 0.5) is 0 Å². The van der Waals surface area contributed by atoms with Crippen molar-refractivity contribution in [2.45, 2.75) is 117 Å². The number of hydrogen-bond acceptors (Lipinski definition) is 9. The molecule has 3 fully saturated rings. The number of hydrogen-bond donors (Lipinski definition) is 0. The molecular formula is C44H54O9. The quantitative estimate of drug-likeness (QED) is 0.228. The van der Waals surface area contributed by atoms with Gasteiger partial charge in [-0.05, 0) is 85.8 Å². The molecule has 4 aliphatic carbocycles. The number of methoxy groups -OCH3 is 2. The van der Waals surface area contributed by atoms with Gasteiger partial charge in [0.25, 0.3) is 0 Å². The average molecular weight is 727 g/mol. The van der Waals surface area contributed by atoms with Gasteiger partial charge >= 0.3 is 5.97 Å². The Morgan fingerprint density at radius 2 is 1.64 bits per heavy atom. The normalized spacial score (nSPS) is 34.4. The van der Waals surface area contributed by atoms with Gasteiger partial charge in [0.2, 0.25) is 0 Å². The van der Waals surface area contributed by atoms with Gasteiger partial charge in [-0.1, -0.05) is 39.3 Å². The second-order valence-electron chi connectivity index (χ2n) is 17.2. The van der Waals surface area contributed by atoms with Crippen LogP contribution in [0.25, 0.3) is 0 Å². The van der Waals surface area contributed by atoms with Crippen molar-refractivity contribution in [3.8, 4) is 28.7 Å². The van der Waals surface area contributed by atoms with E-state index in [-0.39, 0.29) is 40.9 Å². The predicted octanol–water partition coefficient (Wildman–Crippen LogP) is 8.23. The highest BCUT2D eigenvalue weighted by Crippen LogP contribution is 2.64. The van der Waals surface area contributed by atoms with Crippen molar-refractivity contribution in [3.63, 3.8) is 0 Å². The van der Waals surface area contributed by atoms with Crippen molar-refractivity contribution in [3.05, 3.63) is 52.6 Å². The molecule has 0 radical (unpaired) electrons. The standard InChI is InChI=1S/C23H24O6.C21H30O3/c1-11(2)16-8-14-15(28-16)6-5-12-22(24)21-13-7-18(25-3)19(26-4)9-17(13)27-10-20(21)29-23(12)14;1-13(22)24-15-8-10-20(2)14(12-15)4-5-16-17-6-7-19(23)21(17,3)11-9-18(16)20/h5-7,9,11,16,20-21H,8,10H2,1-4H3;4,15-18H,5-12H2,1-3H3. The summed E-state index contributed by atoms with van der Waals surface area (Å²) in [6.07, 6.45) is 11.3. The molecule has 3 saturated carbocycles. The topological polar surface area (TPSA) is 107 Å². The van der Waals surface area contributed by atoms with Crippen molar-refractivity contribution >= 4 is 17.5 Å². The van der Waals surface area contributed by atoms with Gasteiger partial charge in [-0.2, -0.15) is 0 Å². The van der Waals surface area contributed by atoms with E-state index >= 15 is 0 Å². The summed E-state index contributed by atoms with van der Waals surface area (Å²) in [5.41, 5.74) is 4.11. The Morgan fingerprint density at radius 3 is 2.38 bits per heavy atom. The Morgan fingerprint density at radius 1 is 0.906 bits per heavy atom. The Hall–Kier alpha value is -4.01. The zero-order valence-corrected chi connectivity index (χ0v) is 32.3. The van der Waals surface area contributed by atoms with E-state index in [1.54, 1.807) is 20.3 Å². The van der Waals surface area contributed by atoms with Gasteiger partial charge in [0.05, 0.1) is 25.7 Å². The van der Waals surface area contributed by atoms with Crippen LogP contribution in [0.3, 0.4) is 0 Å². The lowest BCUT2D eigenvalue weighted by Crippen LogP contribution is -2.50. The number of fused-ring (bicyclic) bond motifs is 11. The fourth-order valence-corrected chi connectivity index (χ4v) is 11.2. The molecule has 0 saturated heterocycles. The monoisotopic (exact) mass is 726 g/mol. The first-order valence-electron chi connectivity index (χ1n) is 19.7. The fourth-order valence-electron chi connectivity index (χ4n) is 11.2. The minimum Gasteiger partial charge on any atom is -0.493 e. The van der Waals surface area contributed by atoms with Crippen molar-refractivity contribution in [1.82, 2.24) is 0 Å². The van der Waals surface area contributed by atoms with E-state index in [0.29, 0.717) is 64.6 Å². The number of ketones is 2. The maximum Gasteiger partial charge on any atom is 0.302 e. The molecule has 9 nitrogen and oxygen atoms in total. The molecule has 284 valence electrons. The first kappa shape index (κ1) is 36.0. The summed E-state index contributed by atoms with van der Waals surface area (Å²) < 4.78 is 34.7. The molecule has 53 heavy (non-hydrogen) atoms. The van der Waals surface area contributed by atoms with Crippen molar-refractivity contribution in [2.75, 3.05) is 20.8 Å². The number of carbonyl (C=O) groups is 3. The number of rotatable bonds is 4. The van der Waals surface area contributed by atoms with Gasteiger partial charge in [-0.15, -0.1) is 0 Å². The van der Waals surface area contributed by atoms with Gasteiger partial charge < -0.3 is 28.4 Å². The van der Waals surface area contributed by atoms with Crippen molar-refractivity contribution in [2.24, 2.45) is 34.5 Å². The molecule has 0 N–H and O–H groups in total. The summed E-state index contributed by atoms with van der Waals surface area (Å²) in [5, 5.41) is 0. The Balaban J connectivity index is 0.000000154. The summed E-state index contributed by atoms with van der Waals surface area (Å²) in [7, 11) is 3.16. The maximum absolute atomic E-state index is 13.5. The van der Waals surface area contributed by atoms with E-state index < -0.39 is 5.92 Å². The highest BCUT2D eigenvalue weighted by molar-refractivity contribution is 6.06. The van der Waals surface area contributed by atoms with Crippen LogP contribution >= 0.6 is 0 Å². The van der Waals surface area contributed by atoms with E-state index in [1.807, 2.05) is 18.2 Å². The van der Waals surface area contributed by atoms with Crippen LogP contribution in [-0.2, 0) is 20.7 Å². The van der Waals surface area contributed by atoms with E-state index in [1.165, 1.54) is 18.9 Å². The third kappa shape index (κ3) is 5.83. The summed E-state index contributed by atoms with van der Waals surface area (Å²) in [4.78, 5) is 37.3. The van der Waals surface area contributed by atoms with Crippen molar-refractivity contribution < 1.29 is 42.8 Å². The number of benzene rings is 2. The summed E-state index contributed by atoms with van der Waals surface area (Å²) in [5.74, 6) is 5.57. The van der Waals surface area contributed by atoms with Crippen molar-refractivity contribution in [1.29, 1.82) is 0 Å². The fraction of sp³-hybridized carbons (Fsp3) is 0.614. The number of carbonyl (C=O) groups excluding carboxylic acids is 3. The van der Waals surface area contributed by atoms with Crippen LogP contribution in [0.2, 0.25) is 0 Å².